The third-order valence-corrected chi connectivity index (χ3v) is 3.12. The van der Waals surface area contributed by atoms with Crippen LogP contribution in [0.2, 0.25) is 5.15 Å². The van der Waals surface area contributed by atoms with Gasteiger partial charge in [-0.25, -0.2) is 4.98 Å². The SMILES string of the molecule is O=C(c1cncc(Cl)n1)N(CCO)C1CCC1. The fourth-order valence-corrected chi connectivity index (χ4v) is 2.00. The molecule has 1 aliphatic carbocycles. The number of rotatable bonds is 4. The van der Waals surface area contributed by atoms with E-state index in [4.69, 9.17) is 16.7 Å². The van der Waals surface area contributed by atoms with E-state index in [0.717, 1.165) is 19.3 Å². The van der Waals surface area contributed by atoms with Gasteiger partial charge in [0.05, 0.1) is 19.0 Å². The predicted octanol–water partition coefficient (Wildman–Crippen LogP) is 1.12. The fourth-order valence-electron chi connectivity index (χ4n) is 1.85. The zero-order valence-electron chi connectivity index (χ0n) is 9.34. The highest BCUT2D eigenvalue weighted by molar-refractivity contribution is 6.29. The van der Waals surface area contributed by atoms with Crippen molar-refractivity contribution in [1.29, 1.82) is 0 Å². The minimum Gasteiger partial charge on any atom is -0.395 e. The molecule has 0 spiro atoms. The van der Waals surface area contributed by atoms with Gasteiger partial charge in [-0.1, -0.05) is 11.6 Å². The van der Waals surface area contributed by atoms with Crippen LogP contribution in [0.3, 0.4) is 0 Å². The Labute approximate surface area is 104 Å². The van der Waals surface area contributed by atoms with Crippen LogP contribution in [0.5, 0.6) is 0 Å². The summed E-state index contributed by atoms with van der Waals surface area (Å²) >= 11 is 5.70. The first-order chi connectivity index (χ1) is 8.22. The molecular formula is C11H14ClN3O2. The smallest absolute Gasteiger partial charge is 0.274 e. The maximum Gasteiger partial charge on any atom is 0.274 e. The van der Waals surface area contributed by atoms with Crippen molar-refractivity contribution in [3.05, 3.63) is 23.2 Å². The lowest BCUT2D eigenvalue weighted by molar-refractivity contribution is 0.0519. The molecule has 0 aliphatic heterocycles. The Balaban J connectivity index is 2.15. The second-order valence-electron chi connectivity index (χ2n) is 4.03. The highest BCUT2D eigenvalue weighted by atomic mass is 35.5. The molecule has 2 rings (SSSR count). The highest BCUT2D eigenvalue weighted by Crippen LogP contribution is 2.25. The molecule has 1 aromatic rings. The van der Waals surface area contributed by atoms with E-state index >= 15 is 0 Å². The summed E-state index contributed by atoms with van der Waals surface area (Å²) in [5, 5.41) is 9.20. The molecule has 17 heavy (non-hydrogen) atoms. The van der Waals surface area contributed by atoms with Crippen LogP contribution in [0.4, 0.5) is 0 Å². The van der Waals surface area contributed by atoms with Crippen LogP contribution < -0.4 is 0 Å². The van der Waals surface area contributed by atoms with Crippen molar-refractivity contribution in [3.8, 4) is 0 Å². The molecule has 1 saturated carbocycles. The Morgan fingerprint density at radius 1 is 1.53 bits per heavy atom. The molecule has 0 unspecified atom stereocenters. The molecule has 6 heteroatoms. The van der Waals surface area contributed by atoms with E-state index in [2.05, 4.69) is 9.97 Å². The summed E-state index contributed by atoms with van der Waals surface area (Å²) in [5.74, 6) is -0.209. The molecule has 0 saturated heterocycles. The maximum atomic E-state index is 12.2. The number of carbonyl (C=O) groups excluding carboxylic acids is 1. The van der Waals surface area contributed by atoms with Gasteiger partial charge in [-0.15, -0.1) is 0 Å². The average Bonchev–Trinajstić information content (AvgIpc) is 2.25. The number of halogens is 1. The molecule has 0 bridgehead atoms. The van der Waals surface area contributed by atoms with Crippen molar-refractivity contribution >= 4 is 17.5 Å². The topological polar surface area (TPSA) is 66.3 Å². The monoisotopic (exact) mass is 255 g/mol. The lowest BCUT2D eigenvalue weighted by Crippen LogP contribution is -2.45. The number of amides is 1. The van der Waals surface area contributed by atoms with Gasteiger partial charge in [-0.05, 0) is 19.3 Å². The summed E-state index contributed by atoms with van der Waals surface area (Å²) in [6.45, 7) is 0.286. The van der Waals surface area contributed by atoms with Gasteiger partial charge in [0.15, 0.2) is 0 Å². The summed E-state index contributed by atoms with van der Waals surface area (Å²) in [6.07, 6.45) is 5.88. The largest absolute Gasteiger partial charge is 0.395 e. The summed E-state index contributed by atoms with van der Waals surface area (Å²) in [6, 6.07) is 0.218. The Hall–Kier alpha value is -1.20. The van der Waals surface area contributed by atoms with Crippen molar-refractivity contribution in [2.45, 2.75) is 25.3 Å². The zero-order chi connectivity index (χ0) is 12.3. The second-order valence-corrected chi connectivity index (χ2v) is 4.42. The molecule has 5 nitrogen and oxygen atoms in total. The first kappa shape index (κ1) is 12.3. The summed E-state index contributed by atoms with van der Waals surface area (Å²) < 4.78 is 0. The van der Waals surface area contributed by atoms with E-state index in [-0.39, 0.29) is 29.4 Å². The lowest BCUT2D eigenvalue weighted by atomic mass is 9.91. The minimum atomic E-state index is -0.209. The average molecular weight is 256 g/mol. The van der Waals surface area contributed by atoms with E-state index in [1.54, 1.807) is 4.90 Å². The Kier molecular flexibility index (Phi) is 3.91. The van der Waals surface area contributed by atoms with Crippen molar-refractivity contribution in [2.75, 3.05) is 13.2 Å². The molecule has 1 aromatic heterocycles. The third kappa shape index (κ3) is 2.73. The van der Waals surface area contributed by atoms with Gasteiger partial charge in [0, 0.05) is 12.6 Å². The Bertz CT molecular complexity index is 409. The molecule has 1 amide bonds. The predicted molar refractivity (Wildman–Crippen MR) is 62.8 cm³/mol. The number of aliphatic hydroxyl groups excluding tert-OH is 1. The Morgan fingerprint density at radius 3 is 2.82 bits per heavy atom. The second kappa shape index (κ2) is 5.42. The summed E-state index contributed by atoms with van der Waals surface area (Å²) in [5.41, 5.74) is 0.234. The molecular weight excluding hydrogens is 242 g/mol. The van der Waals surface area contributed by atoms with Gasteiger partial charge < -0.3 is 10.0 Å². The summed E-state index contributed by atoms with van der Waals surface area (Å²) in [4.78, 5) is 21.6. The highest BCUT2D eigenvalue weighted by Gasteiger charge is 2.29. The number of hydrogen-bond acceptors (Lipinski definition) is 4. The normalized spacial score (nSPS) is 15.4. The van der Waals surface area contributed by atoms with Gasteiger partial charge >= 0.3 is 0 Å². The zero-order valence-corrected chi connectivity index (χ0v) is 10.1. The molecule has 0 radical (unpaired) electrons. The van der Waals surface area contributed by atoms with Crippen LogP contribution in [0.15, 0.2) is 12.4 Å². The molecule has 0 atom stereocenters. The number of aromatic nitrogens is 2. The molecule has 1 heterocycles. The van der Waals surface area contributed by atoms with Crippen LogP contribution in [-0.2, 0) is 0 Å². The summed E-state index contributed by atoms with van der Waals surface area (Å²) in [7, 11) is 0. The van der Waals surface area contributed by atoms with E-state index < -0.39 is 0 Å². The van der Waals surface area contributed by atoms with Crippen molar-refractivity contribution in [3.63, 3.8) is 0 Å². The molecule has 92 valence electrons. The van der Waals surface area contributed by atoms with E-state index in [9.17, 15) is 4.79 Å². The van der Waals surface area contributed by atoms with E-state index in [1.165, 1.54) is 12.4 Å². The van der Waals surface area contributed by atoms with Gasteiger partial charge in [-0.2, -0.15) is 0 Å². The molecule has 1 fully saturated rings. The van der Waals surface area contributed by atoms with Crippen molar-refractivity contribution in [2.24, 2.45) is 0 Å². The van der Waals surface area contributed by atoms with Crippen LogP contribution in [0, 0.1) is 0 Å². The van der Waals surface area contributed by atoms with Crippen LogP contribution >= 0.6 is 11.6 Å². The number of hydrogen-bond donors (Lipinski definition) is 1. The molecule has 0 aromatic carbocycles. The number of nitrogens with zero attached hydrogens (tertiary/aromatic N) is 3. The van der Waals surface area contributed by atoms with Gasteiger partial charge in [-0.3, -0.25) is 9.78 Å². The van der Waals surface area contributed by atoms with Gasteiger partial charge in [0.1, 0.15) is 10.8 Å². The van der Waals surface area contributed by atoms with Crippen LogP contribution in [-0.4, -0.2) is 45.1 Å². The minimum absolute atomic E-state index is 0.0454. The van der Waals surface area contributed by atoms with Gasteiger partial charge in [0.2, 0.25) is 0 Å². The van der Waals surface area contributed by atoms with E-state index in [1.807, 2.05) is 0 Å². The number of carbonyl (C=O) groups is 1. The quantitative estimate of drug-likeness (QED) is 0.876. The number of aliphatic hydroxyl groups is 1. The Morgan fingerprint density at radius 2 is 2.29 bits per heavy atom. The van der Waals surface area contributed by atoms with E-state index in [0.29, 0.717) is 6.54 Å². The van der Waals surface area contributed by atoms with Gasteiger partial charge in [0.25, 0.3) is 5.91 Å². The van der Waals surface area contributed by atoms with Crippen LogP contribution in [0.1, 0.15) is 29.8 Å². The molecule has 1 N–H and O–H groups in total. The van der Waals surface area contributed by atoms with Crippen molar-refractivity contribution < 1.29 is 9.90 Å². The fraction of sp³-hybridized carbons (Fsp3) is 0.545. The maximum absolute atomic E-state index is 12.2. The van der Waals surface area contributed by atoms with Crippen LogP contribution in [0.25, 0.3) is 0 Å². The standard InChI is InChI=1S/C11H14ClN3O2/c12-10-7-13-6-9(14-10)11(17)15(4-5-16)8-2-1-3-8/h6-8,16H,1-5H2. The molecule has 1 aliphatic rings. The van der Waals surface area contributed by atoms with Crippen molar-refractivity contribution in [1.82, 2.24) is 14.9 Å². The lowest BCUT2D eigenvalue weighted by Gasteiger charge is -2.37. The first-order valence-corrected chi connectivity index (χ1v) is 5.99. The first-order valence-electron chi connectivity index (χ1n) is 5.61. The third-order valence-electron chi connectivity index (χ3n) is 2.94.